The van der Waals surface area contributed by atoms with E-state index in [2.05, 4.69) is 5.92 Å². The van der Waals surface area contributed by atoms with Gasteiger partial charge in [-0.25, -0.2) is 4.57 Å². The molecule has 0 heterocycles. The molecule has 0 fully saturated rings. The van der Waals surface area contributed by atoms with E-state index >= 15 is 0 Å². The second-order valence-electron chi connectivity index (χ2n) is 5.37. The van der Waals surface area contributed by atoms with Gasteiger partial charge in [-0.05, 0) is 26.9 Å². The van der Waals surface area contributed by atoms with Crippen LogP contribution in [-0.2, 0) is 13.6 Å². The zero-order chi connectivity index (χ0) is 16.0. The van der Waals surface area contributed by atoms with Crippen LogP contribution in [0, 0.1) is 12.3 Å². The van der Waals surface area contributed by atoms with Crippen molar-refractivity contribution in [3.63, 3.8) is 0 Å². The van der Waals surface area contributed by atoms with Crippen molar-refractivity contribution in [1.82, 2.24) is 4.90 Å². The standard InChI is InChI=1S/C15H30NO4P/c1-4-5-6-7-8-9-10-11-12-14-19-21(17,18)20-15-13-16(2)3/h1H,5-15H2,2-3H3,(H,17,18). The molecule has 0 aromatic carbocycles. The molecular weight excluding hydrogens is 289 g/mol. The van der Waals surface area contributed by atoms with Gasteiger partial charge in [0.05, 0.1) is 13.2 Å². The molecule has 0 aliphatic rings. The lowest BCUT2D eigenvalue weighted by atomic mass is 10.1. The summed E-state index contributed by atoms with van der Waals surface area (Å²) in [7, 11) is -0.120. The highest BCUT2D eigenvalue weighted by Gasteiger charge is 2.20. The van der Waals surface area contributed by atoms with Crippen molar-refractivity contribution < 1.29 is 18.5 Å². The molecule has 124 valence electrons. The summed E-state index contributed by atoms with van der Waals surface area (Å²) in [6.45, 7) is 1.05. The molecule has 0 saturated heterocycles. The third-order valence-corrected chi connectivity index (χ3v) is 4.03. The van der Waals surface area contributed by atoms with Crippen LogP contribution in [-0.4, -0.2) is 43.6 Å². The number of hydrogen-bond acceptors (Lipinski definition) is 4. The van der Waals surface area contributed by atoms with Gasteiger partial charge in [0, 0.05) is 13.0 Å². The van der Waals surface area contributed by atoms with Gasteiger partial charge in [0.1, 0.15) is 0 Å². The quantitative estimate of drug-likeness (QED) is 0.302. The van der Waals surface area contributed by atoms with E-state index in [1.165, 1.54) is 19.3 Å². The monoisotopic (exact) mass is 319 g/mol. The minimum atomic E-state index is -3.87. The molecule has 1 N–H and O–H groups in total. The maximum atomic E-state index is 11.5. The SMILES string of the molecule is C#CCCCCCCCCCOP(=O)(O)OCCN(C)C. The first-order valence-electron chi connectivity index (χ1n) is 7.68. The first-order chi connectivity index (χ1) is 9.98. The highest BCUT2D eigenvalue weighted by atomic mass is 31.2. The smallest absolute Gasteiger partial charge is 0.307 e. The Morgan fingerprint density at radius 3 is 2.10 bits per heavy atom. The summed E-state index contributed by atoms with van der Waals surface area (Å²) in [4.78, 5) is 11.3. The molecule has 0 aromatic rings. The molecule has 6 heteroatoms. The molecule has 0 amide bonds. The number of terminal acetylenes is 1. The van der Waals surface area contributed by atoms with E-state index in [9.17, 15) is 9.46 Å². The normalized spacial score (nSPS) is 14.0. The Hall–Kier alpha value is -0.370. The topological polar surface area (TPSA) is 59.0 Å². The van der Waals surface area contributed by atoms with Crippen molar-refractivity contribution in [2.75, 3.05) is 33.9 Å². The van der Waals surface area contributed by atoms with E-state index in [0.29, 0.717) is 6.54 Å². The van der Waals surface area contributed by atoms with Crippen LogP contribution in [0.1, 0.15) is 51.4 Å². The number of likely N-dealkylation sites (N-methyl/N-ethyl adjacent to an activating group) is 1. The molecule has 5 nitrogen and oxygen atoms in total. The van der Waals surface area contributed by atoms with Crippen molar-refractivity contribution >= 4 is 7.82 Å². The van der Waals surface area contributed by atoms with E-state index < -0.39 is 7.82 Å². The third-order valence-electron chi connectivity index (χ3n) is 3.01. The van der Waals surface area contributed by atoms with Gasteiger partial charge in [0.25, 0.3) is 0 Å². The van der Waals surface area contributed by atoms with Gasteiger partial charge in [-0.2, -0.15) is 0 Å². The Morgan fingerprint density at radius 2 is 1.52 bits per heavy atom. The van der Waals surface area contributed by atoms with Gasteiger partial charge in [-0.1, -0.05) is 32.1 Å². The molecule has 0 aromatic heterocycles. The second kappa shape index (κ2) is 13.3. The molecule has 21 heavy (non-hydrogen) atoms. The van der Waals surface area contributed by atoms with Gasteiger partial charge in [0.15, 0.2) is 0 Å². The van der Waals surface area contributed by atoms with Crippen LogP contribution in [0.25, 0.3) is 0 Å². The zero-order valence-corrected chi connectivity index (χ0v) is 14.3. The first kappa shape index (κ1) is 20.6. The number of hydrogen-bond donors (Lipinski definition) is 1. The summed E-state index contributed by atoms with van der Waals surface area (Å²) in [5.41, 5.74) is 0. The van der Waals surface area contributed by atoms with Gasteiger partial charge >= 0.3 is 7.82 Å². The molecule has 0 bridgehead atoms. The molecule has 1 unspecified atom stereocenters. The fraction of sp³-hybridized carbons (Fsp3) is 0.867. The Labute approximate surface area is 129 Å². The molecule has 0 saturated carbocycles. The van der Waals surface area contributed by atoms with E-state index in [1.807, 2.05) is 19.0 Å². The van der Waals surface area contributed by atoms with Gasteiger partial charge in [-0.3, -0.25) is 9.05 Å². The van der Waals surface area contributed by atoms with Crippen LogP contribution < -0.4 is 0 Å². The fourth-order valence-corrected chi connectivity index (χ4v) is 2.52. The summed E-state index contributed by atoms with van der Waals surface area (Å²) >= 11 is 0. The molecule has 1 atom stereocenters. The summed E-state index contributed by atoms with van der Waals surface area (Å²) in [6.07, 6.45) is 13.6. The van der Waals surface area contributed by atoms with Crippen LogP contribution in [0.5, 0.6) is 0 Å². The molecule has 0 radical (unpaired) electrons. The van der Waals surface area contributed by atoms with Crippen molar-refractivity contribution in [3.8, 4) is 12.3 Å². The zero-order valence-electron chi connectivity index (χ0n) is 13.4. The maximum absolute atomic E-state index is 11.5. The summed E-state index contributed by atoms with van der Waals surface area (Å²) in [6, 6.07) is 0. The Balaban J connectivity index is 3.37. The second-order valence-corrected chi connectivity index (χ2v) is 6.82. The molecule has 0 aliphatic heterocycles. The molecule has 0 aliphatic carbocycles. The van der Waals surface area contributed by atoms with E-state index in [0.717, 1.165) is 32.1 Å². The first-order valence-corrected chi connectivity index (χ1v) is 9.17. The van der Waals surface area contributed by atoms with Gasteiger partial charge in [0.2, 0.25) is 0 Å². The predicted molar refractivity (Wildman–Crippen MR) is 86.1 cm³/mol. The lowest BCUT2D eigenvalue weighted by Crippen LogP contribution is -2.17. The summed E-state index contributed by atoms with van der Waals surface area (Å²) in [5.74, 6) is 2.64. The van der Waals surface area contributed by atoms with Crippen molar-refractivity contribution in [3.05, 3.63) is 0 Å². The van der Waals surface area contributed by atoms with Gasteiger partial charge in [-0.15, -0.1) is 12.3 Å². The summed E-state index contributed by atoms with van der Waals surface area (Å²) < 4.78 is 21.3. The maximum Gasteiger partial charge on any atom is 0.472 e. The minimum Gasteiger partial charge on any atom is -0.307 e. The number of phosphoric ester groups is 1. The van der Waals surface area contributed by atoms with Crippen LogP contribution in [0.3, 0.4) is 0 Å². The van der Waals surface area contributed by atoms with Crippen molar-refractivity contribution in [1.29, 1.82) is 0 Å². The number of unbranched alkanes of at least 4 members (excludes halogenated alkanes) is 7. The largest absolute Gasteiger partial charge is 0.472 e. The van der Waals surface area contributed by atoms with Crippen LogP contribution >= 0.6 is 7.82 Å². The highest BCUT2D eigenvalue weighted by Crippen LogP contribution is 2.43. The Bertz CT molecular complexity index is 328. The van der Waals surface area contributed by atoms with Crippen molar-refractivity contribution in [2.45, 2.75) is 51.4 Å². The molecule has 0 rings (SSSR count). The number of phosphoric acid groups is 1. The Kier molecular flexibility index (Phi) is 13.1. The van der Waals surface area contributed by atoms with E-state index in [1.54, 1.807) is 0 Å². The Morgan fingerprint density at radius 1 is 1.00 bits per heavy atom. The van der Waals surface area contributed by atoms with E-state index in [4.69, 9.17) is 15.5 Å². The highest BCUT2D eigenvalue weighted by molar-refractivity contribution is 7.47. The minimum absolute atomic E-state index is 0.193. The lowest BCUT2D eigenvalue weighted by molar-refractivity contribution is 0.138. The lowest BCUT2D eigenvalue weighted by Gasteiger charge is -2.14. The van der Waals surface area contributed by atoms with Crippen molar-refractivity contribution in [2.24, 2.45) is 0 Å². The van der Waals surface area contributed by atoms with E-state index in [-0.39, 0.29) is 13.2 Å². The third kappa shape index (κ3) is 15.8. The average Bonchev–Trinajstić information content (AvgIpc) is 2.40. The van der Waals surface area contributed by atoms with Crippen LogP contribution in [0.4, 0.5) is 0 Å². The molecule has 0 spiro atoms. The summed E-state index contributed by atoms with van der Waals surface area (Å²) in [5, 5.41) is 0. The number of rotatable bonds is 14. The molecular formula is C15H30NO4P. The predicted octanol–water partition coefficient (Wildman–Crippen LogP) is 3.44. The van der Waals surface area contributed by atoms with Gasteiger partial charge < -0.3 is 9.79 Å². The fourth-order valence-electron chi connectivity index (χ4n) is 1.77. The number of nitrogens with zero attached hydrogens (tertiary/aromatic N) is 1. The van der Waals surface area contributed by atoms with Crippen LogP contribution in [0.15, 0.2) is 0 Å². The average molecular weight is 319 g/mol. The van der Waals surface area contributed by atoms with Crippen LogP contribution in [0.2, 0.25) is 0 Å².